The smallest absolute Gasteiger partial charge is 0.380 e. The summed E-state index contributed by atoms with van der Waals surface area (Å²) >= 11 is 0. The van der Waals surface area contributed by atoms with E-state index in [0.717, 1.165) is 38.5 Å². The second-order valence-electron chi connectivity index (χ2n) is 10.2. The van der Waals surface area contributed by atoms with Crippen molar-refractivity contribution in [1.82, 2.24) is 0 Å². The number of rotatable bonds is 2. The van der Waals surface area contributed by atoms with Crippen LogP contribution < -0.4 is 0 Å². The molecule has 0 radical (unpaired) electrons. The van der Waals surface area contributed by atoms with Crippen molar-refractivity contribution in [1.29, 1.82) is 0 Å². The van der Waals surface area contributed by atoms with Gasteiger partial charge in [0, 0.05) is 12.3 Å². The van der Waals surface area contributed by atoms with Crippen molar-refractivity contribution < 1.29 is 23.1 Å². The second-order valence-corrected chi connectivity index (χ2v) is 10.2. The number of alkyl halides is 3. The standard InChI is InChI=1S/C22H33F3O2/c1-3-19(26)18-7-6-17-16-5-4-13-12-21(27,22(23,24)25)11-9-14(13)15(16)8-10-20(17,18)2/h13-18,27H,3-12H2,1-2H3/t13-,14+,15?,16-,17?,18-,20+,21-/m1/s1. The first-order chi connectivity index (χ1) is 12.6. The molecule has 4 fully saturated rings. The summed E-state index contributed by atoms with van der Waals surface area (Å²) in [7, 11) is 0. The van der Waals surface area contributed by atoms with E-state index in [0.29, 0.717) is 42.3 Å². The van der Waals surface area contributed by atoms with Gasteiger partial charge in [0.25, 0.3) is 0 Å². The van der Waals surface area contributed by atoms with Gasteiger partial charge in [0.15, 0.2) is 5.60 Å². The molecule has 0 saturated heterocycles. The lowest BCUT2D eigenvalue weighted by molar-refractivity contribution is -0.282. The summed E-state index contributed by atoms with van der Waals surface area (Å²) < 4.78 is 39.9. The minimum atomic E-state index is -4.51. The zero-order valence-electron chi connectivity index (χ0n) is 16.5. The number of Topliss-reactive ketones (excluding diaryl/α,β-unsaturated/α-hetero) is 1. The van der Waals surface area contributed by atoms with Crippen LogP contribution in [0.1, 0.15) is 78.1 Å². The summed E-state index contributed by atoms with van der Waals surface area (Å²) in [4.78, 5) is 12.5. The van der Waals surface area contributed by atoms with Crippen LogP contribution >= 0.6 is 0 Å². The average Bonchev–Trinajstić information content (AvgIpc) is 2.97. The van der Waals surface area contributed by atoms with E-state index >= 15 is 0 Å². The van der Waals surface area contributed by atoms with E-state index in [1.165, 1.54) is 0 Å². The summed E-state index contributed by atoms with van der Waals surface area (Å²) in [6.45, 7) is 4.27. The zero-order chi connectivity index (χ0) is 19.6. The predicted octanol–water partition coefficient (Wildman–Crippen LogP) is 5.53. The number of fused-ring (bicyclic) bond motifs is 5. The third-order valence-corrected chi connectivity index (χ3v) is 9.27. The zero-order valence-corrected chi connectivity index (χ0v) is 16.5. The van der Waals surface area contributed by atoms with Crippen molar-refractivity contribution in [3.05, 3.63) is 0 Å². The maximum absolute atomic E-state index is 13.3. The van der Waals surface area contributed by atoms with Crippen LogP contribution in [0.3, 0.4) is 0 Å². The van der Waals surface area contributed by atoms with Crippen LogP contribution in [-0.4, -0.2) is 22.7 Å². The highest BCUT2D eigenvalue weighted by molar-refractivity contribution is 5.81. The molecule has 0 heterocycles. The molecule has 0 aromatic heterocycles. The molecular formula is C22H33F3O2. The molecule has 2 unspecified atom stereocenters. The summed E-state index contributed by atoms with van der Waals surface area (Å²) in [6, 6.07) is 0. The van der Waals surface area contributed by atoms with Crippen LogP contribution in [0.4, 0.5) is 13.2 Å². The third kappa shape index (κ3) is 2.89. The van der Waals surface area contributed by atoms with Crippen LogP contribution in [-0.2, 0) is 4.79 Å². The van der Waals surface area contributed by atoms with E-state index in [9.17, 15) is 23.1 Å². The van der Waals surface area contributed by atoms with E-state index in [1.807, 2.05) is 6.92 Å². The van der Waals surface area contributed by atoms with E-state index in [-0.39, 0.29) is 30.1 Å². The molecule has 5 heteroatoms. The normalized spacial score (nSPS) is 49.9. The number of ketones is 1. The van der Waals surface area contributed by atoms with E-state index in [4.69, 9.17) is 0 Å². The van der Waals surface area contributed by atoms with Crippen molar-refractivity contribution in [2.75, 3.05) is 0 Å². The average molecular weight is 386 g/mol. The quantitative estimate of drug-likeness (QED) is 0.678. The molecule has 154 valence electrons. The number of aliphatic hydroxyl groups is 1. The van der Waals surface area contributed by atoms with Crippen LogP contribution in [0.15, 0.2) is 0 Å². The predicted molar refractivity (Wildman–Crippen MR) is 96.9 cm³/mol. The molecule has 4 saturated carbocycles. The fraction of sp³-hybridized carbons (Fsp3) is 0.955. The first-order valence-corrected chi connectivity index (χ1v) is 10.9. The highest BCUT2D eigenvalue weighted by atomic mass is 19.4. The van der Waals surface area contributed by atoms with Crippen LogP contribution in [0.2, 0.25) is 0 Å². The van der Waals surface area contributed by atoms with Gasteiger partial charge in [-0.3, -0.25) is 4.79 Å². The van der Waals surface area contributed by atoms with E-state index < -0.39 is 11.8 Å². The molecule has 4 rings (SSSR count). The molecular weight excluding hydrogens is 353 g/mol. The van der Waals surface area contributed by atoms with Gasteiger partial charge in [-0.15, -0.1) is 0 Å². The van der Waals surface area contributed by atoms with E-state index in [1.54, 1.807) is 0 Å². The second kappa shape index (κ2) is 6.47. The highest BCUT2D eigenvalue weighted by Crippen LogP contribution is 2.65. The Morgan fingerprint density at radius 2 is 1.70 bits per heavy atom. The van der Waals surface area contributed by atoms with Gasteiger partial charge in [-0.05, 0) is 92.8 Å². The SMILES string of the molecule is CCC(=O)[C@H]1CCC2[C@@H]3CC[C@@H]4C[C@@](O)(C(F)(F)F)CC[C@@H]4C3CC[C@@]21C. The van der Waals surface area contributed by atoms with Crippen molar-refractivity contribution in [2.24, 2.45) is 40.9 Å². The van der Waals surface area contributed by atoms with Gasteiger partial charge < -0.3 is 5.11 Å². The summed E-state index contributed by atoms with van der Waals surface area (Å²) in [5.74, 6) is 2.54. The van der Waals surface area contributed by atoms with Crippen molar-refractivity contribution >= 4 is 5.78 Å². The first kappa shape index (κ1) is 19.7. The molecule has 0 aromatic rings. The number of carbonyl (C=O) groups is 1. The molecule has 27 heavy (non-hydrogen) atoms. The Morgan fingerprint density at radius 3 is 2.37 bits per heavy atom. The van der Waals surface area contributed by atoms with Gasteiger partial charge in [0.2, 0.25) is 0 Å². The maximum atomic E-state index is 13.3. The molecule has 0 aliphatic heterocycles. The monoisotopic (exact) mass is 386 g/mol. The molecule has 4 aliphatic carbocycles. The summed E-state index contributed by atoms with van der Waals surface area (Å²) in [5, 5.41) is 10.2. The van der Waals surface area contributed by atoms with Gasteiger partial charge in [-0.2, -0.15) is 13.2 Å². The summed E-state index contributed by atoms with van der Waals surface area (Å²) in [5.41, 5.74) is -2.38. The lowest BCUT2D eigenvalue weighted by Gasteiger charge is -2.57. The molecule has 0 amide bonds. The number of hydrogen-bond acceptors (Lipinski definition) is 2. The third-order valence-electron chi connectivity index (χ3n) is 9.27. The molecule has 1 N–H and O–H groups in total. The maximum Gasteiger partial charge on any atom is 0.417 e. The van der Waals surface area contributed by atoms with Crippen LogP contribution in [0, 0.1) is 40.9 Å². The van der Waals surface area contributed by atoms with Crippen LogP contribution in [0.25, 0.3) is 0 Å². The Labute approximate surface area is 160 Å². The highest BCUT2D eigenvalue weighted by Gasteiger charge is 2.62. The Hall–Kier alpha value is -0.580. The fourth-order valence-electron chi connectivity index (χ4n) is 7.91. The molecule has 2 nitrogen and oxygen atoms in total. The minimum Gasteiger partial charge on any atom is -0.380 e. The lowest BCUT2D eigenvalue weighted by atomic mass is 9.48. The van der Waals surface area contributed by atoms with Crippen molar-refractivity contribution in [2.45, 2.75) is 89.8 Å². The Morgan fingerprint density at radius 1 is 1.00 bits per heavy atom. The lowest BCUT2D eigenvalue weighted by Crippen LogP contribution is -2.55. The number of carbonyl (C=O) groups excluding carboxylic acids is 1. The molecule has 0 bridgehead atoms. The van der Waals surface area contributed by atoms with Gasteiger partial charge in [0.1, 0.15) is 5.78 Å². The largest absolute Gasteiger partial charge is 0.417 e. The van der Waals surface area contributed by atoms with Gasteiger partial charge >= 0.3 is 6.18 Å². The Kier molecular flexibility index (Phi) is 4.72. The molecule has 0 spiro atoms. The molecule has 8 atom stereocenters. The fourth-order valence-corrected chi connectivity index (χ4v) is 7.91. The van der Waals surface area contributed by atoms with Crippen LogP contribution in [0.5, 0.6) is 0 Å². The topological polar surface area (TPSA) is 37.3 Å². The van der Waals surface area contributed by atoms with E-state index in [2.05, 4.69) is 6.92 Å². The Balaban J connectivity index is 1.52. The number of hydrogen-bond donors (Lipinski definition) is 1. The Bertz CT molecular complexity index is 603. The van der Waals surface area contributed by atoms with Gasteiger partial charge in [-0.1, -0.05) is 13.8 Å². The first-order valence-electron chi connectivity index (χ1n) is 10.9. The minimum absolute atomic E-state index is 0.00505. The molecule has 0 aromatic carbocycles. The molecule has 4 aliphatic rings. The van der Waals surface area contributed by atoms with Crippen molar-refractivity contribution in [3.8, 4) is 0 Å². The van der Waals surface area contributed by atoms with Gasteiger partial charge in [-0.25, -0.2) is 0 Å². The van der Waals surface area contributed by atoms with Crippen molar-refractivity contribution in [3.63, 3.8) is 0 Å². The summed E-state index contributed by atoms with van der Waals surface area (Å²) in [6.07, 6.45) is 2.35. The van der Waals surface area contributed by atoms with Gasteiger partial charge in [0.05, 0.1) is 0 Å². The number of halogens is 3.